The zero-order valence-electron chi connectivity index (χ0n) is 14.4. The molecule has 0 amide bonds. The Hall–Kier alpha value is -2.87. The smallest absolute Gasteiger partial charge is 0.354 e. The first kappa shape index (κ1) is 17.5. The van der Waals surface area contributed by atoms with Crippen molar-refractivity contribution in [1.29, 1.82) is 0 Å². The fourth-order valence-corrected chi connectivity index (χ4v) is 3.27. The van der Waals surface area contributed by atoms with Gasteiger partial charge in [-0.1, -0.05) is 12.1 Å². The van der Waals surface area contributed by atoms with Crippen LogP contribution in [0.3, 0.4) is 0 Å². The second kappa shape index (κ2) is 7.03. The number of rotatable bonds is 3. The van der Waals surface area contributed by atoms with Crippen molar-refractivity contribution < 1.29 is 13.2 Å². The minimum atomic E-state index is -4.36. The zero-order chi connectivity index (χ0) is 18.9. The van der Waals surface area contributed by atoms with E-state index in [1.165, 1.54) is 12.1 Å². The van der Waals surface area contributed by atoms with Crippen LogP contribution in [0.25, 0.3) is 22.4 Å². The van der Waals surface area contributed by atoms with Gasteiger partial charge in [-0.3, -0.25) is 10.1 Å². The van der Waals surface area contributed by atoms with Crippen LogP contribution in [0, 0.1) is 0 Å². The molecule has 2 N–H and O–H groups in total. The molecular formula is C19H18F3N5. The Labute approximate surface area is 154 Å². The van der Waals surface area contributed by atoms with Crippen molar-refractivity contribution >= 4 is 5.82 Å². The van der Waals surface area contributed by atoms with Crippen molar-refractivity contribution in [3.8, 4) is 22.4 Å². The third kappa shape index (κ3) is 3.52. The lowest BCUT2D eigenvalue weighted by molar-refractivity contribution is -0.137. The Morgan fingerprint density at radius 1 is 0.889 bits per heavy atom. The minimum Gasteiger partial charge on any atom is -0.354 e. The fourth-order valence-electron chi connectivity index (χ4n) is 3.27. The number of halogens is 3. The number of hydrogen-bond donors (Lipinski definition) is 2. The number of anilines is 1. The minimum absolute atomic E-state index is 0.628. The summed E-state index contributed by atoms with van der Waals surface area (Å²) in [4.78, 5) is 6.26. The van der Waals surface area contributed by atoms with Gasteiger partial charge in [0.05, 0.1) is 11.1 Å². The Kier molecular flexibility index (Phi) is 4.57. The number of hydrogen-bond acceptors (Lipinski definition) is 4. The van der Waals surface area contributed by atoms with Crippen LogP contribution in [0.2, 0.25) is 0 Å². The molecule has 1 aliphatic heterocycles. The second-order valence-corrected chi connectivity index (χ2v) is 6.34. The predicted molar refractivity (Wildman–Crippen MR) is 97.3 cm³/mol. The van der Waals surface area contributed by atoms with Gasteiger partial charge in [-0.15, -0.1) is 0 Å². The van der Waals surface area contributed by atoms with Crippen molar-refractivity contribution in [1.82, 2.24) is 20.5 Å². The number of aromatic nitrogens is 3. The molecule has 0 atom stereocenters. The van der Waals surface area contributed by atoms with E-state index in [4.69, 9.17) is 0 Å². The molecule has 0 aliphatic carbocycles. The van der Waals surface area contributed by atoms with E-state index in [0.29, 0.717) is 11.3 Å². The maximum Gasteiger partial charge on any atom is 0.416 e. The molecule has 1 aliphatic rings. The molecule has 0 unspecified atom stereocenters. The van der Waals surface area contributed by atoms with Gasteiger partial charge in [0.2, 0.25) is 0 Å². The molecule has 0 radical (unpaired) electrons. The van der Waals surface area contributed by atoms with E-state index in [9.17, 15) is 13.2 Å². The summed E-state index contributed by atoms with van der Waals surface area (Å²) in [6.45, 7) is 3.38. The molecule has 5 nitrogen and oxygen atoms in total. The lowest BCUT2D eigenvalue weighted by atomic mass is 10.00. The molecule has 1 aromatic carbocycles. The van der Waals surface area contributed by atoms with Crippen molar-refractivity contribution in [3.63, 3.8) is 0 Å². The Bertz CT molecular complexity index is 897. The average molecular weight is 373 g/mol. The predicted octanol–water partition coefficient (Wildman–Crippen LogP) is 3.57. The summed E-state index contributed by atoms with van der Waals surface area (Å²) in [5.74, 6) is 0.873. The maximum absolute atomic E-state index is 12.9. The van der Waals surface area contributed by atoms with E-state index in [-0.39, 0.29) is 0 Å². The third-order valence-electron chi connectivity index (χ3n) is 4.64. The van der Waals surface area contributed by atoms with Gasteiger partial charge in [-0.05, 0) is 29.8 Å². The van der Waals surface area contributed by atoms with Crippen LogP contribution in [0.5, 0.6) is 0 Å². The van der Waals surface area contributed by atoms with Crippen LogP contribution in [0.4, 0.5) is 19.0 Å². The molecule has 3 heterocycles. The van der Waals surface area contributed by atoms with E-state index < -0.39 is 11.7 Å². The summed E-state index contributed by atoms with van der Waals surface area (Å²) in [5.41, 5.74) is 2.38. The fraction of sp³-hybridized carbons (Fsp3) is 0.263. The third-order valence-corrected chi connectivity index (χ3v) is 4.64. The lowest BCUT2D eigenvalue weighted by Crippen LogP contribution is -2.43. The van der Waals surface area contributed by atoms with Gasteiger partial charge < -0.3 is 10.2 Å². The van der Waals surface area contributed by atoms with E-state index in [0.717, 1.165) is 55.3 Å². The van der Waals surface area contributed by atoms with E-state index in [1.54, 1.807) is 12.4 Å². The maximum atomic E-state index is 12.9. The Morgan fingerprint density at radius 2 is 1.56 bits per heavy atom. The first-order chi connectivity index (χ1) is 13.0. The first-order valence-electron chi connectivity index (χ1n) is 8.66. The zero-order valence-corrected chi connectivity index (χ0v) is 14.4. The number of benzene rings is 1. The van der Waals surface area contributed by atoms with Gasteiger partial charge in [0.1, 0.15) is 11.5 Å². The molecule has 27 heavy (non-hydrogen) atoms. The van der Waals surface area contributed by atoms with Crippen molar-refractivity contribution in [2.75, 3.05) is 31.1 Å². The highest BCUT2D eigenvalue weighted by molar-refractivity contribution is 5.89. The SMILES string of the molecule is FC(F)(F)c1ccc(-c2n[nH]c(N3CCNCC3)c2-c2ccncc2)cc1. The van der Waals surface area contributed by atoms with E-state index >= 15 is 0 Å². The van der Waals surface area contributed by atoms with Gasteiger partial charge in [-0.25, -0.2) is 0 Å². The Morgan fingerprint density at radius 3 is 2.19 bits per heavy atom. The van der Waals surface area contributed by atoms with Crippen LogP contribution in [0.15, 0.2) is 48.8 Å². The monoisotopic (exact) mass is 373 g/mol. The average Bonchev–Trinajstić information content (AvgIpc) is 3.14. The molecule has 8 heteroatoms. The first-order valence-corrected chi connectivity index (χ1v) is 8.66. The molecule has 0 bridgehead atoms. The lowest BCUT2D eigenvalue weighted by Gasteiger charge is -2.29. The molecule has 2 aromatic heterocycles. The summed E-state index contributed by atoms with van der Waals surface area (Å²) < 4.78 is 38.6. The summed E-state index contributed by atoms with van der Waals surface area (Å²) in [7, 11) is 0. The highest BCUT2D eigenvalue weighted by Crippen LogP contribution is 2.38. The largest absolute Gasteiger partial charge is 0.416 e. The highest BCUT2D eigenvalue weighted by Gasteiger charge is 2.30. The number of nitrogens with zero attached hydrogens (tertiary/aromatic N) is 3. The number of pyridine rings is 1. The summed E-state index contributed by atoms with van der Waals surface area (Å²) >= 11 is 0. The standard InChI is InChI=1S/C19H18F3N5/c20-19(21,22)15-3-1-14(2-4-15)17-16(13-5-7-23-8-6-13)18(26-25-17)27-11-9-24-10-12-27/h1-8,24H,9-12H2,(H,25,26). The van der Waals surface area contributed by atoms with Crippen molar-refractivity contribution in [2.45, 2.75) is 6.18 Å². The van der Waals surface area contributed by atoms with E-state index in [2.05, 4.69) is 25.4 Å². The summed E-state index contributed by atoms with van der Waals surface area (Å²) in [6, 6.07) is 8.86. The van der Waals surface area contributed by atoms with Gasteiger partial charge in [0.15, 0.2) is 0 Å². The van der Waals surface area contributed by atoms with Crippen LogP contribution in [0.1, 0.15) is 5.56 Å². The number of alkyl halides is 3. The van der Waals surface area contributed by atoms with E-state index in [1.807, 2.05) is 12.1 Å². The molecule has 0 spiro atoms. The molecule has 1 saturated heterocycles. The number of piperazine rings is 1. The summed E-state index contributed by atoms with van der Waals surface area (Å²) in [6.07, 6.45) is -0.967. The van der Waals surface area contributed by atoms with Gasteiger partial charge in [0.25, 0.3) is 0 Å². The molecule has 140 valence electrons. The molecule has 1 fully saturated rings. The highest BCUT2D eigenvalue weighted by atomic mass is 19.4. The van der Waals surface area contributed by atoms with Crippen LogP contribution in [-0.4, -0.2) is 41.4 Å². The topological polar surface area (TPSA) is 56.8 Å². The molecule has 0 saturated carbocycles. The number of H-pyrrole nitrogens is 1. The second-order valence-electron chi connectivity index (χ2n) is 6.34. The van der Waals surface area contributed by atoms with Crippen LogP contribution < -0.4 is 10.2 Å². The van der Waals surface area contributed by atoms with Gasteiger partial charge in [-0.2, -0.15) is 18.3 Å². The molecular weight excluding hydrogens is 355 g/mol. The van der Waals surface area contributed by atoms with Crippen molar-refractivity contribution in [2.24, 2.45) is 0 Å². The normalized spacial score (nSPS) is 15.1. The molecule has 4 rings (SSSR count). The quantitative estimate of drug-likeness (QED) is 0.737. The number of aromatic amines is 1. The van der Waals surface area contributed by atoms with Gasteiger partial charge in [0, 0.05) is 44.1 Å². The number of nitrogens with one attached hydrogen (secondary N) is 2. The summed E-state index contributed by atoms with van der Waals surface area (Å²) in [5, 5.41) is 10.8. The van der Waals surface area contributed by atoms with Crippen LogP contribution in [-0.2, 0) is 6.18 Å². The van der Waals surface area contributed by atoms with Crippen LogP contribution >= 0.6 is 0 Å². The van der Waals surface area contributed by atoms with Gasteiger partial charge >= 0.3 is 6.18 Å². The Balaban J connectivity index is 1.80. The molecule has 3 aromatic rings. The van der Waals surface area contributed by atoms with Crippen molar-refractivity contribution in [3.05, 3.63) is 54.4 Å².